The van der Waals surface area contributed by atoms with E-state index in [0.717, 1.165) is 16.4 Å². The van der Waals surface area contributed by atoms with Gasteiger partial charge in [-0.15, -0.1) is 0 Å². The van der Waals surface area contributed by atoms with Gasteiger partial charge >= 0.3 is 5.97 Å². The van der Waals surface area contributed by atoms with Crippen LogP contribution in [0, 0.1) is 0 Å². The number of pyridine rings is 1. The average molecular weight is 408 g/mol. The minimum atomic E-state index is -1.06. The quantitative estimate of drug-likeness (QED) is 0.610. The van der Waals surface area contributed by atoms with Crippen LogP contribution in [0.25, 0.3) is 12.2 Å². The molecule has 0 saturated heterocycles. The number of nitrogens with one attached hydrogen (secondary N) is 1. The van der Waals surface area contributed by atoms with E-state index in [1.807, 2.05) is 26.0 Å². The topological polar surface area (TPSA) is 105 Å². The summed E-state index contributed by atoms with van der Waals surface area (Å²) in [5.74, 6) is -0.276. The minimum absolute atomic E-state index is 0.0364. The summed E-state index contributed by atoms with van der Waals surface area (Å²) >= 11 is 1.33. The van der Waals surface area contributed by atoms with Crippen molar-refractivity contribution in [3.63, 3.8) is 0 Å². The molecular formula is C21H20N4O3S. The van der Waals surface area contributed by atoms with E-state index in [9.17, 15) is 14.7 Å². The summed E-state index contributed by atoms with van der Waals surface area (Å²) in [7, 11) is 0. The first kappa shape index (κ1) is 20.3. The fraction of sp³-hybridized carbons (Fsp3) is 0.190. The van der Waals surface area contributed by atoms with E-state index in [1.54, 1.807) is 36.7 Å². The lowest BCUT2D eigenvalue weighted by Crippen LogP contribution is -2.16. The summed E-state index contributed by atoms with van der Waals surface area (Å²) in [4.78, 5) is 32.2. The van der Waals surface area contributed by atoms with Crippen molar-refractivity contribution >= 4 is 41.2 Å². The Hall–Kier alpha value is -3.39. The van der Waals surface area contributed by atoms with Gasteiger partial charge in [0, 0.05) is 12.1 Å². The van der Waals surface area contributed by atoms with E-state index in [2.05, 4.69) is 19.7 Å². The Morgan fingerprint density at radius 1 is 1.21 bits per heavy atom. The number of nitrogens with zero attached hydrogens (tertiary/aromatic N) is 3. The van der Waals surface area contributed by atoms with Crippen molar-refractivity contribution in [3.8, 4) is 0 Å². The van der Waals surface area contributed by atoms with E-state index in [1.165, 1.54) is 17.6 Å². The molecule has 29 heavy (non-hydrogen) atoms. The SMILES string of the molecule is CC(C)c1nsc(/C=C/c2cncc(NC(=O)Cc3ccccc3C(=O)O)c2)n1. The first-order valence-corrected chi connectivity index (χ1v) is 9.77. The van der Waals surface area contributed by atoms with Crippen LogP contribution < -0.4 is 5.32 Å². The molecule has 1 aromatic carbocycles. The van der Waals surface area contributed by atoms with Gasteiger partial charge in [0.2, 0.25) is 5.91 Å². The molecule has 8 heteroatoms. The molecule has 0 bridgehead atoms. The third-order valence-corrected chi connectivity index (χ3v) is 4.73. The maximum absolute atomic E-state index is 12.3. The van der Waals surface area contributed by atoms with Crippen LogP contribution in [-0.2, 0) is 11.2 Å². The Bertz CT molecular complexity index is 1060. The normalized spacial score (nSPS) is 11.1. The summed E-state index contributed by atoms with van der Waals surface area (Å²) < 4.78 is 4.31. The zero-order valence-corrected chi connectivity index (χ0v) is 16.8. The van der Waals surface area contributed by atoms with Gasteiger partial charge in [-0.05, 0) is 40.9 Å². The molecule has 2 N–H and O–H groups in total. The van der Waals surface area contributed by atoms with Gasteiger partial charge < -0.3 is 10.4 Å². The molecule has 0 spiro atoms. The largest absolute Gasteiger partial charge is 0.478 e. The number of amides is 1. The summed E-state index contributed by atoms with van der Waals surface area (Å²) in [6.45, 7) is 4.08. The van der Waals surface area contributed by atoms with E-state index in [4.69, 9.17) is 0 Å². The summed E-state index contributed by atoms with van der Waals surface area (Å²) in [6.07, 6.45) is 6.89. The zero-order valence-electron chi connectivity index (χ0n) is 16.0. The lowest BCUT2D eigenvalue weighted by atomic mass is 10.0. The maximum atomic E-state index is 12.3. The summed E-state index contributed by atoms with van der Waals surface area (Å²) in [6, 6.07) is 8.24. The molecule has 0 aliphatic carbocycles. The monoisotopic (exact) mass is 408 g/mol. The zero-order chi connectivity index (χ0) is 20.8. The van der Waals surface area contributed by atoms with Crippen LogP contribution in [0.5, 0.6) is 0 Å². The second-order valence-corrected chi connectivity index (χ2v) is 7.46. The number of carbonyl (C=O) groups excluding carboxylic acids is 1. The smallest absolute Gasteiger partial charge is 0.335 e. The lowest BCUT2D eigenvalue weighted by molar-refractivity contribution is -0.115. The molecule has 0 saturated carbocycles. The molecule has 1 amide bonds. The highest BCUT2D eigenvalue weighted by molar-refractivity contribution is 7.06. The summed E-state index contributed by atoms with van der Waals surface area (Å²) in [5.41, 5.74) is 1.91. The first-order chi connectivity index (χ1) is 13.9. The first-order valence-electron chi connectivity index (χ1n) is 9.00. The fourth-order valence-corrected chi connectivity index (χ4v) is 3.30. The number of aromatic carboxylic acids is 1. The van der Waals surface area contributed by atoms with E-state index in [0.29, 0.717) is 11.3 Å². The van der Waals surface area contributed by atoms with Gasteiger partial charge in [0.15, 0.2) is 0 Å². The van der Waals surface area contributed by atoms with Crippen LogP contribution in [0.1, 0.15) is 52.1 Å². The standard InChI is InChI=1S/C21H20N4O3S/c1-13(2)20-24-19(29-25-20)8-7-14-9-16(12-22-11-14)23-18(26)10-15-5-3-4-6-17(15)21(27)28/h3-9,11-13H,10H2,1-2H3,(H,23,26)(H,27,28)/b8-7+. The second-order valence-electron chi connectivity index (χ2n) is 6.67. The Morgan fingerprint density at radius 2 is 2.00 bits per heavy atom. The molecule has 3 aromatic rings. The van der Waals surface area contributed by atoms with Gasteiger partial charge in [0.1, 0.15) is 10.8 Å². The molecule has 0 aliphatic rings. The number of aromatic nitrogens is 3. The molecule has 0 fully saturated rings. The molecule has 148 valence electrons. The molecule has 0 aliphatic heterocycles. The van der Waals surface area contributed by atoms with Crippen LogP contribution in [0.2, 0.25) is 0 Å². The van der Waals surface area contributed by atoms with E-state index >= 15 is 0 Å². The fourth-order valence-electron chi connectivity index (χ4n) is 2.60. The number of hydrogen-bond acceptors (Lipinski definition) is 6. The number of benzene rings is 1. The predicted molar refractivity (Wildman–Crippen MR) is 113 cm³/mol. The number of rotatable bonds is 7. The van der Waals surface area contributed by atoms with Gasteiger partial charge in [-0.25, -0.2) is 9.78 Å². The molecular weight excluding hydrogens is 388 g/mol. The minimum Gasteiger partial charge on any atom is -0.478 e. The number of carboxylic acids is 1. The van der Waals surface area contributed by atoms with Crippen molar-refractivity contribution in [2.24, 2.45) is 0 Å². The van der Waals surface area contributed by atoms with Crippen LogP contribution in [0.3, 0.4) is 0 Å². The molecule has 0 unspecified atom stereocenters. The molecule has 2 aromatic heterocycles. The number of hydrogen-bond donors (Lipinski definition) is 2. The maximum Gasteiger partial charge on any atom is 0.335 e. The Kier molecular flexibility index (Phi) is 6.46. The third-order valence-electron chi connectivity index (χ3n) is 4.03. The molecule has 0 radical (unpaired) electrons. The number of anilines is 1. The van der Waals surface area contributed by atoms with Gasteiger partial charge in [0.25, 0.3) is 0 Å². The van der Waals surface area contributed by atoms with Gasteiger partial charge in [0.05, 0.1) is 23.9 Å². The van der Waals surface area contributed by atoms with Crippen molar-refractivity contribution in [1.82, 2.24) is 14.3 Å². The van der Waals surface area contributed by atoms with Crippen LogP contribution in [0.4, 0.5) is 5.69 Å². The van der Waals surface area contributed by atoms with Crippen molar-refractivity contribution in [3.05, 3.63) is 70.2 Å². The second kappa shape index (κ2) is 9.20. The number of carbonyl (C=O) groups is 2. The Labute approximate surface area is 172 Å². The van der Waals surface area contributed by atoms with Crippen molar-refractivity contribution in [2.75, 3.05) is 5.32 Å². The van der Waals surface area contributed by atoms with E-state index in [-0.39, 0.29) is 23.8 Å². The average Bonchev–Trinajstić information content (AvgIpc) is 3.16. The van der Waals surface area contributed by atoms with Crippen molar-refractivity contribution in [1.29, 1.82) is 0 Å². The Balaban J connectivity index is 1.67. The van der Waals surface area contributed by atoms with E-state index < -0.39 is 5.97 Å². The molecule has 3 rings (SSSR count). The summed E-state index contributed by atoms with van der Waals surface area (Å²) in [5, 5.41) is 12.8. The van der Waals surface area contributed by atoms with Crippen molar-refractivity contribution < 1.29 is 14.7 Å². The third kappa shape index (κ3) is 5.55. The van der Waals surface area contributed by atoms with Crippen LogP contribution in [-0.4, -0.2) is 31.3 Å². The Morgan fingerprint density at radius 3 is 2.72 bits per heavy atom. The van der Waals surface area contributed by atoms with Crippen LogP contribution >= 0.6 is 11.5 Å². The van der Waals surface area contributed by atoms with Gasteiger partial charge in [-0.3, -0.25) is 9.78 Å². The molecule has 2 heterocycles. The van der Waals surface area contributed by atoms with Crippen LogP contribution in [0.15, 0.2) is 42.7 Å². The molecule has 0 atom stereocenters. The predicted octanol–water partition coefficient (Wildman–Crippen LogP) is 4.11. The highest BCUT2D eigenvalue weighted by Gasteiger charge is 2.13. The molecule has 7 nitrogen and oxygen atoms in total. The lowest BCUT2D eigenvalue weighted by Gasteiger charge is -2.08. The van der Waals surface area contributed by atoms with Crippen molar-refractivity contribution in [2.45, 2.75) is 26.2 Å². The van der Waals surface area contributed by atoms with Gasteiger partial charge in [-0.2, -0.15) is 4.37 Å². The highest BCUT2D eigenvalue weighted by atomic mass is 32.1. The number of carboxylic acid groups (broad SMARTS) is 1. The highest BCUT2D eigenvalue weighted by Crippen LogP contribution is 2.17. The van der Waals surface area contributed by atoms with Gasteiger partial charge in [-0.1, -0.05) is 38.1 Å².